The molecule has 1 aromatic rings. The fourth-order valence-electron chi connectivity index (χ4n) is 2.32. The zero-order valence-electron chi connectivity index (χ0n) is 12.2. The standard InChI is InChI=1S/C15H21BrN2O3/c1-17(8-12-4-2-3-5-14(12)16)15(20)10-18-6-7-21-13(9-18)11-19/h2-5,13,19H,6-11H2,1H3. The molecule has 0 spiro atoms. The number of benzene rings is 1. The summed E-state index contributed by atoms with van der Waals surface area (Å²) in [6.07, 6.45) is -0.180. The zero-order chi connectivity index (χ0) is 15.2. The van der Waals surface area contributed by atoms with E-state index in [1.807, 2.05) is 36.2 Å². The maximum absolute atomic E-state index is 12.3. The van der Waals surface area contributed by atoms with Crippen molar-refractivity contribution >= 4 is 21.8 Å². The highest BCUT2D eigenvalue weighted by molar-refractivity contribution is 9.10. The van der Waals surface area contributed by atoms with Crippen LogP contribution in [0, 0.1) is 0 Å². The van der Waals surface area contributed by atoms with Gasteiger partial charge in [0.25, 0.3) is 0 Å². The molecule has 1 heterocycles. The van der Waals surface area contributed by atoms with Crippen molar-refractivity contribution in [3.8, 4) is 0 Å². The van der Waals surface area contributed by atoms with E-state index in [4.69, 9.17) is 9.84 Å². The monoisotopic (exact) mass is 356 g/mol. The van der Waals surface area contributed by atoms with Gasteiger partial charge >= 0.3 is 0 Å². The van der Waals surface area contributed by atoms with Crippen LogP contribution in [0.1, 0.15) is 5.56 Å². The number of amides is 1. The van der Waals surface area contributed by atoms with Crippen LogP contribution in [0.4, 0.5) is 0 Å². The Morgan fingerprint density at radius 3 is 3.00 bits per heavy atom. The number of aliphatic hydroxyl groups is 1. The summed E-state index contributed by atoms with van der Waals surface area (Å²) in [4.78, 5) is 16.0. The molecule has 0 radical (unpaired) electrons. The summed E-state index contributed by atoms with van der Waals surface area (Å²) in [7, 11) is 1.81. The third kappa shape index (κ3) is 4.78. The van der Waals surface area contributed by atoms with Gasteiger partial charge in [-0.3, -0.25) is 9.69 Å². The van der Waals surface area contributed by atoms with Gasteiger partial charge in [0, 0.05) is 31.2 Å². The van der Waals surface area contributed by atoms with E-state index in [1.165, 1.54) is 0 Å². The molecule has 2 rings (SSSR count). The molecule has 1 aromatic carbocycles. The zero-order valence-corrected chi connectivity index (χ0v) is 13.8. The maximum atomic E-state index is 12.3. The second-order valence-corrected chi connectivity index (χ2v) is 6.11. The fourth-order valence-corrected chi connectivity index (χ4v) is 2.73. The van der Waals surface area contributed by atoms with Crippen LogP contribution >= 0.6 is 15.9 Å². The molecule has 1 amide bonds. The van der Waals surface area contributed by atoms with Gasteiger partial charge in [-0.2, -0.15) is 0 Å². The van der Waals surface area contributed by atoms with Crippen LogP contribution in [0.2, 0.25) is 0 Å². The molecule has 1 aliphatic rings. The van der Waals surface area contributed by atoms with Gasteiger partial charge in [-0.15, -0.1) is 0 Å². The van der Waals surface area contributed by atoms with Crippen molar-refractivity contribution in [2.24, 2.45) is 0 Å². The molecule has 0 saturated carbocycles. The number of rotatable bonds is 5. The van der Waals surface area contributed by atoms with Gasteiger partial charge in [-0.1, -0.05) is 34.1 Å². The third-order valence-corrected chi connectivity index (χ3v) is 4.35. The van der Waals surface area contributed by atoms with Crippen LogP contribution in [-0.4, -0.2) is 66.8 Å². The number of hydrogen-bond acceptors (Lipinski definition) is 4. The lowest BCUT2D eigenvalue weighted by atomic mass is 10.2. The number of morpholine rings is 1. The van der Waals surface area contributed by atoms with E-state index >= 15 is 0 Å². The molecule has 1 fully saturated rings. The van der Waals surface area contributed by atoms with Crippen molar-refractivity contribution in [1.29, 1.82) is 0 Å². The van der Waals surface area contributed by atoms with E-state index in [9.17, 15) is 4.79 Å². The molecular formula is C15H21BrN2O3. The first-order chi connectivity index (χ1) is 10.1. The quantitative estimate of drug-likeness (QED) is 0.858. The summed E-state index contributed by atoms with van der Waals surface area (Å²) in [5.74, 6) is 0.0735. The van der Waals surface area contributed by atoms with Crippen LogP contribution in [0.25, 0.3) is 0 Å². The molecular weight excluding hydrogens is 336 g/mol. The topological polar surface area (TPSA) is 53.0 Å². The predicted octanol–water partition coefficient (Wildman–Crippen LogP) is 1.10. The Labute approximate surface area is 133 Å². The highest BCUT2D eigenvalue weighted by Gasteiger charge is 2.22. The highest BCUT2D eigenvalue weighted by atomic mass is 79.9. The maximum Gasteiger partial charge on any atom is 0.236 e. The van der Waals surface area contributed by atoms with Gasteiger partial charge in [0.15, 0.2) is 0 Å². The van der Waals surface area contributed by atoms with Crippen LogP contribution in [-0.2, 0) is 16.1 Å². The van der Waals surface area contributed by atoms with E-state index in [1.54, 1.807) is 4.90 Å². The molecule has 0 aliphatic carbocycles. The first-order valence-corrected chi connectivity index (χ1v) is 7.81. The Bertz CT molecular complexity index is 484. The van der Waals surface area contributed by atoms with E-state index < -0.39 is 0 Å². The Kier molecular flexibility index (Phi) is 6.17. The third-order valence-electron chi connectivity index (χ3n) is 3.58. The predicted molar refractivity (Wildman–Crippen MR) is 83.9 cm³/mol. The lowest BCUT2D eigenvalue weighted by Gasteiger charge is -2.32. The van der Waals surface area contributed by atoms with E-state index in [-0.39, 0.29) is 18.6 Å². The lowest BCUT2D eigenvalue weighted by Crippen LogP contribution is -2.48. The highest BCUT2D eigenvalue weighted by Crippen LogP contribution is 2.17. The Morgan fingerprint density at radius 2 is 2.29 bits per heavy atom. The number of aliphatic hydroxyl groups excluding tert-OH is 1. The molecule has 1 N–H and O–H groups in total. The fraction of sp³-hybridized carbons (Fsp3) is 0.533. The average molecular weight is 357 g/mol. The van der Waals surface area contributed by atoms with Crippen molar-refractivity contribution in [2.45, 2.75) is 12.6 Å². The minimum absolute atomic E-state index is 0.00249. The molecule has 1 saturated heterocycles. The molecule has 0 aromatic heterocycles. The minimum atomic E-state index is -0.180. The average Bonchev–Trinajstić information content (AvgIpc) is 2.49. The summed E-state index contributed by atoms with van der Waals surface area (Å²) < 4.78 is 6.40. The molecule has 1 aliphatic heterocycles. The minimum Gasteiger partial charge on any atom is -0.394 e. The van der Waals surface area contributed by atoms with E-state index in [2.05, 4.69) is 15.9 Å². The largest absolute Gasteiger partial charge is 0.394 e. The van der Waals surface area contributed by atoms with Gasteiger partial charge in [0.2, 0.25) is 5.91 Å². The van der Waals surface area contributed by atoms with Gasteiger partial charge in [0.05, 0.1) is 25.9 Å². The van der Waals surface area contributed by atoms with Crippen molar-refractivity contribution in [2.75, 3.05) is 39.9 Å². The number of carbonyl (C=O) groups excluding carboxylic acids is 1. The second-order valence-electron chi connectivity index (χ2n) is 5.25. The normalized spacial score (nSPS) is 19.5. The molecule has 0 bridgehead atoms. The summed E-state index contributed by atoms with van der Waals surface area (Å²) in [6, 6.07) is 7.90. The molecule has 1 unspecified atom stereocenters. The van der Waals surface area contributed by atoms with Crippen LogP contribution in [0.3, 0.4) is 0 Å². The van der Waals surface area contributed by atoms with Crippen LogP contribution in [0.5, 0.6) is 0 Å². The van der Waals surface area contributed by atoms with Crippen LogP contribution in [0.15, 0.2) is 28.7 Å². The summed E-state index contributed by atoms with van der Waals surface area (Å²) in [5.41, 5.74) is 1.09. The Morgan fingerprint density at radius 1 is 1.52 bits per heavy atom. The van der Waals surface area contributed by atoms with Gasteiger partial charge in [-0.25, -0.2) is 0 Å². The number of carbonyl (C=O) groups is 1. The number of likely N-dealkylation sites (N-methyl/N-ethyl adjacent to an activating group) is 1. The molecule has 6 heteroatoms. The van der Waals surface area contributed by atoms with Gasteiger partial charge in [-0.05, 0) is 11.6 Å². The first-order valence-electron chi connectivity index (χ1n) is 7.02. The first kappa shape index (κ1) is 16.4. The molecule has 1 atom stereocenters. The van der Waals surface area contributed by atoms with Crippen molar-refractivity contribution in [3.63, 3.8) is 0 Å². The smallest absolute Gasteiger partial charge is 0.236 e. The summed E-state index contributed by atoms with van der Waals surface area (Å²) in [5, 5.41) is 9.13. The Hall–Kier alpha value is -0.950. The summed E-state index contributed by atoms with van der Waals surface area (Å²) in [6.45, 7) is 2.83. The SMILES string of the molecule is CN(Cc1ccccc1Br)C(=O)CN1CCOC(CO)C1. The second kappa shape index (κ2) is 7.89. The molecule has 116 valence electrons. The van der Waals surface area contributed by atoms with E-state index in [0.29, 0.717) is 26.2 Å². The lowest BCUT2D eigenvalue weighted by molar-refractivity contribution is -0.134. The van der Waals surface area contributed by atoms with Crippen LogP contribution < -0.4 is 0 Å². The van der Waals surface area contributed by atoms with Crippen molar-refractivity contribution < 1.29 is 14.6 Å². The van der Waals surface area contributed by atoms with Gasteiger partial charge in [0.1, 0.15) is 0 Å². The Balaban J connectivity index is 1.86. The van der Waals surface area contributed by atoms with Crippen molar-refractivity contribution in [3.05, 3.63) is 34.3 Å². The van der Waals surface area contributed by atoms with Gasteiger partial charge < -0.3 is 14.7 Å². The molecule has 5 nitrogen and oxygen atoms in total. The number of ether oxygens (including phenoxy) is 1. The number of nitrogens with zero attached hydrogens (tertiary/aromatic N) is 2. The number of halogens is 1. The summed E-state index contributed by atoms with van der Waals surface area (Å²) >= 11 is 3.50. The van der Waals surface area contributed by atoms with E-state index in [0.717, 1.165) is 16.6 Å². The number of hydrogen-bond donors (Lipinski definition) is 1. The molecule has 21 heavy (non-hydrogen) atoms. The van der Waals surface area contributed by atoms with Crippen molar-refractivity contribution in [1.82, 2.24) is 9.80 Å².